The topological polar surface area (TPSA) is 74.8 Å². The molecule has 1 fully saturated rings. The van der Waals surface area contributed by atoms with E-state index < -0.39 is 18.5 Å². The zero-order chi connectivity index (χ0) is 17.6. The van der Waals surface area contributed by atoms with E-state index in [-0.39, 0.29) is 12.5 Å². The molecule has 4 rings (SSSR count). The van der Waals surface area contributed by atoms with Crippen LogP contribution in [0.3, 0.4) is 0 Å². The van der Waals surface area contributed by atoms with E-state index in [9.17, 15) is 18.0 Å². The average molecular weight is 349 g/mol. The summed E-state index contributed by atoms with van der Waals surface area (Å²) in [6.45, 7) is 0.529. The normalized spacial score (nSPS) is 18.4. The Morgan fingerprint density at radius 2 is 2.16 bits per heavy atom. The Morgan fingerprint density at radius 3 is 2.96 bits per heavy atom. The quantitative estimate of drug-likeness (QED) is 0.772. The van der Waals surface area contributed by atoms with Crippen molar-refractivity contribution in [2.75, 3.05) is 13.1 Å². The number of alkyl halides is 3. The lowest BCUT2D eigenvalue weighted by atomic mass is 9.99. The van der Waals surface area contributed by atoms with E-state index in [1.54, 1.807) is 12.4 Å². The van der Waals surface area contributed by atoms with Crippen LogP contribution < -0.4 is 0 Å². The second kappa shape index (κ2) is 5.68. The molecular formula is C16H14F3N5O. The van der Waals surface area contributed by atoms with E-state index >= 15 is 0 Å². The molecule has 0 saturated carbocycles. The first-order chi connectivity index (χ1) is 11.9. The van der Waals surface area contributed by atoms with Gasteiger partial charge in [0, 0.05) is 36.0 Å². The standard InChI is InChI=1S/C16H14F3N5O/c17-16(18,19)5-12(25)24-4-2-9(7-24)14-13-10-1-3-20-15(10)21-6-11(13)22-8-23-14/h1,3,6,8-9H,2,4-5,7H2,(H,20,21). The predicted octanol–water partition coefficient (Wildman–Crippen LogP) is 2.77. The first-order valence-corrected chi connectivity index (χ1v) is 7.83. The van der Waals surface area contributed by atoms with E-state index in [0.717, 1.165) is 16.5 Å². The zero-order valence-corrected chi connectivity index (χ0v) is 13.0. The van der Waals surface area contributed by atoms with Crippen LogP contribution >= 0.6 is 0 Å². The molecular weight excluding hydrogens is 335 g/mol. The minimum atomic E-state index is -4.49. The van der Waals surface area contributed by atoms with Gasteiger partial charge in [-0.15, -0.1) is 0 Å². The number of rotatable bonds is 2. The van der Waals surface area contributed by atoms with Gasteiger partial charge in [0.2, 0.25) is 5.91 Å². The number of aromatic amines is 1. The van der Waals surface area contributed by atoms with E-state index in [4.69, 9.17) is 0 Å². The maximum absolute atomic E-state index is 12.4. The van der Waals surface area contributed by atoms with Crippen LogP contribution in [0.4, 0.5) is 13.2 Å². The molecule has 6 nitrogen and oxygen atoms in total. The Kier molecular flexibility index (Phi) is 3.59. The van der Waals surface area contributed by atoms with Crippen molar-refractivity contribution in [2.24, 2.45) is 0 Å². The maximum atomic E-state index is 12.4. The highest BCUT2D eigenvalue weighted by atomic mass is 19.4. The van der Waals surface area contributed by atoms with Crippen molar-refractivity contribution in [1.82, 2.24) is 24.8 Å². The van der Waals surface area contributed by atoms with Gasteiger partial charge in [-0.25, -0.2) is 15.0 Å². The Balaban J connectivity index is 1.67. The number of amides is 1. The SMILES string of the molecule is O=C(CC(F)(F)F)N1CCC(c2ncnc3cnc4[nH]ccc4c23)C1. The minimum Gasteiger partial charge on any atom is -0.346 e. The van der Waals surface area contributed by atoms with Crippen LogP contribution in [-0.2, 0) is 4.79 Å². The van der Waals surface area contributed by atoms with Crippen molar-refractivity contribution < 1.29 is 18.0 Å². The van der Waals surface area contributed by atoms with Crippen molar-refractivity contribution in [3.8, 4) is 0 Å². The van der Waals surface area contributed by atoms with E-state index in [0.29, 0.717) is 24.1 Å². The van der Waals surface area contributed by atoms with Crippen LogP contribution in [0, 0.1) is 0 Å². The highest BCUT2D eigenvalue weighted by Gasteiger charge is 2.37. The molecule has 9 heteroatoms. The number of halogens is 3. The van der Waals surface area contributed by atoms with Crippen molar-refractivity contribution in [3.63, 3.8) is 0 Å². The van der Waals surface area contributed by atoms with Crippen molar-refractivity contribution in [2.45, 2.75) is 24.9 Å². The molecule has 1 atom stereocenters. The number of carbonyl (C=O) groups is 1. The summed E-state index contributed by atoms with van der Waals surface area (Å²) in [6.07, 6.45) is -0.499. The average Bonchev–Trinajstić information content (AvgIpc) is 3.22. The number of hydrogen-bond donors (Lipinski definition) is 1. The molecule has 0 aromatic carbocycles. The second-order valence-electron chi connectivity index (χ2n) is 6.13. The highest BCUT2D eigenvalue weighted by Crippen LogP contribution is 2.34. The van der Waals surface area contributed by atoms with Crippen LogP contribution in [0.1, 0.15) is 24.5 Å². The Morgan fingerprint density at radius 1 is 1.32 bits per heavy atom. The third-order valence-electron chi connectivity index (χ3n) is 4.50. The van der Waals surface area contributed by atoms with Gasteiger partial charge in [0.05, 0.1) is 17.4 Å². The summed E-state index contributed by atoms with van der Waals surface area (Å²) in [5.74, 6) is -1.01. The van der Waals surface area contributed by atoms with E-state index in [2.05, 4.69) is 19.9 Å². The Labute approximate surface area is 140 Å². The molecule has 1 aliphatic rings. The number of likely N-dealkylation sites (tertiary alicyclic amines) is 1. The first kappa shape index (κ1) is 15.8. The number of nitrogens with one attached hydrogen (secondary N) is 1. The molecule has 1 N–H and O–H groups in total. The summed E-state index contributed by atoms with van der Waals surface area (Å²) in [7, 11) is 0. The summed E-state index contributed by atoms with van der Waals surface area (Å²) >= 11 is 0. The molecule has 1 aliphatic heterocycles. The van der Waals surface area contributed by atoms with Crippen LogP contribution in [0.5, 0.6) is 0 Å². The minimum absolute atomic E-state index is 0.122. The van der Waals surface area contributed by atoms with Crippen LogP contribution in [0.2, 0.25) is 0 Å². The monoisotopic (exact) mass is 349 g/mol. The number of carbonyl (C=O) groups excluding carboxylic acids is 1. The number of nitrogens with zero attached hydrogens (tertiary/aromatic N) is 4. The number of aromatic nitrogens is 4. The summed E-state index contributed by atoms with van der Waals surface area (Å²) in [4.78, 5) is 29.0. The van der Waals surface area contributed by atoms with Crippen LogP contribution in [0.15, 0.2) is 24.8 Å². The summed E-state index contributed by atoms with van der Waals surface area (Å²) in [5.41, 5.74) is 2.13. The van der Waals surface area contributed by atoms with Gasteiger partial charge in [-0.3, -0.25) is 4.79 Å². The van der Waals surface area contributed by atoms with Gasteiger partial charge in [-0.05, 0) is 12.5 Å². The molecule has 0 radical (unpaired) electrons. The highest BCUT2D eigenvalue weighted by molar-refractivity contribution is 6.04. The largest absolute Gasteiger partial charge is 0.397 e. The number of pyridine rings is 1. The lowest BCUT2D eigenvalue weighted by Gasteiger charge is -2.18. The molecule has 0 aliphatic carbocycles. The summed E-state index contributed by atoms with van der Waals surface area (Å²) in [6, 6.07) is 1.87. The molecule has 3 aromatic rings. The molecule has 0 spiro atoms. The van der Waals surface area contributed by atoms with Gasteiger partial charge in [-0.2, -0.15) is 13.2 Å². The van der Waals surface area contributed by atoms with E-state index in [1.807, 2.05) is 6.07 Å². The summed E-state index contributed by atoms with van der Waals surface area (Å²) < 4.78 is 37.3. The van der Waals surface area contributed by atoms with Gasteiger partial charge in [0.25, 0.3) is 0 Å². The lowest BCUT2D eigenvalue weighted by Crippen LogP contribution is -2.32. The molecule has 4 heterocycles. The molecule has 0 bridgehead atoms. The fraction of sp³-hybridized carbons (Fsp3) is 0.375. The van der Waals surface area contributed by atoms with Crippen molar-refractivity contribution in [1.29, 1.82) is 0 Å². The molecule has 1 amide bonds. The molecule has 1 saturated heterocycles. The predicted molar refractivity (Wildman–Crippen MR) is 83.8 cm³/mol. The fourth-order valence-corrected chi connectivity index (χ4v) is 3.39. The number of H-pyrrole nitrogens is 1. The first-order valence-electron chi connectivity index (χ1n) is 7.83. The van der Waals surface area contributed by atoms with Gasteiger partial charge >= 0.3 is 6.18 Å². The van der Waals surface area contributed by atoms with E-state index in [1.165, 1.54) is 11.2 Å². The van der Waals surface area contributed by atoms with Gasteiger partial charge in [0.15, 0.2) is 0 Å². The van der Waals surface area contributed by atoms with Crippen molar-refractivity contribution in [3.05, 3.63) is 30.5 Å². The fourth-order valence-electron chi connectivity index (χ4n) is 3.39. The van der Waals surface area contributed by atoms with Crippen LogP contribution in [-0.4, -0.2) is 50.0 Å². The lowest BCUT2D eigenvalue weighted by molar-refractivity contribution is -0.160. The third kappa shape index (κ3) is 2.90. The second-order valence-corrected chi connectivity index (χ2v) is 6.13. The zero-order valence-electron chi connectivity index (χ0n) is 13.0. The molecule has 3 aromatic heterocycles. The molecule has 1 unspecified atom stereocenters. The van der Waals surface area contributed by atoms with Gasteiger partial charge in [-0.1, -0.05) is 0 Å². The number of fused-ring (bicyclic) bond motifs is 3. The van der Waals surface area contributed by atoms with Crippen molar-refractivity contribution >= 4 is 27.8 Å². The molecule has 130 valence electrons. The smallest absolute Gasteiger partial charge is 0.346 e. The number of hydrogen-bond acceptors (Lipinski definition) is 4. The van der Waals surface area contributed by atoms with Crippen LogP contribution in [0.25, 0.3) is 21.9 Å². The Hall–Kier alpha value is -2.71. The van der Waals surface area contributed by atoms with Gasteiger partial charge in [0.1, 0.15) is 18.4 Å². The van der Waals surface area contributed by atoms with Gasteiger partial charge < -0.3 is 9.88 Å². The third-order valence-corrected chi connectivity index (χ3v) is 4.50. The molecule has 25 heavy (non-hydrogen) atoms. The summed E-state index contributed by atoms with van der Waals surface area (Å²) in [5, 5.41) is 1.71. The Bertz CT molecular complexity index is 952. The maximum Gasteiger partial charge on any atom is 0.397 e.